The molecule has 0 bridgehead atoms. The summed E-state index contributed by atoms with van der Waals surface area (Å²) in [5, 5.41) is 12.7. The molecule has 0 saturated heterocycles. The molecular formula is C20H21ClN4O2S. The summed E-state index contributed by atoms with van der Waals surface area (Å²) in [6.45, 7) is 3.05. The molecule has 1 aromatic heterocycles. The van der Waals surface area contributed by atoms with Crippen molar-refractivity contribution in [2.75, 3.05) is 24.8 Å². The molecule has 2 aromatic carbocycles. The van der Waals surface area contributed by atoms with Crippen molar-refractivity contribution in [1.29, 1.82) is 0 Å². The second-order valence-electron chi connectivity index (χ2n) is 6.11. The molecule has 3 aromatic rings. The molecule has 0 aliphatic rings. The number of carbonyl (C=O) groups excluding carboxylic acids is 1. The maximum atomic E-state index is 12.4. The Morgan fingerprint density at radius 2 is 2.00 bits per heavy atom. The Kier molecular flexibility index (Phi) is 7.08. The monoisotopic (exact) mass is 416 g/mol. The average molecular weight is 417 g/mol. The topological polar surface area (TPSA) is 69.0 Å². The zero-order valence-electron chi connectivity index (χ0n) is 15.7. The lowest BCUT2D eigenvalue weighted by atomic mass is 10.2. The molecule has 0 unspecified atom stereocenters. The SMILES string of the molecule is COCCn1c(SCC(=O)Nc2cc(Cl)ccc2C)nnc1-c1ccccc1. The Morgan fingerprint density at radius 3 is 2.75 bits per heavy atom. The summed E-state index contributed by atoms with van der Waals surface area (Å²) in [6.07, 6.45) is 0. The summed E-state index contributed by atoms with van der Waals surface area (Å²) < 4.78 is 7.19. The molecule has 28 heavy (non-hydrogen) atoms. The summed E-state index contributed by atoms with van der Waals surface area (Å²) in [7, 11) is 1.65. The van der Waals surface area contributed by atoms with E-state index in [2.05, 4.69) is 15.5 Å². The van der Waals surface area contributed by atoms with Gasteiger partial charge in [0, 0.05) is 23.4 Å². The summed E-state index contributed by atoms with van der Waals surface area (Å²) in [5.74, 6) is 0.843. The lowest BCUT2D eigenvalue weighted by molar-refractivity contribution is -0.113. The first kappa shape index (κ1) is 20.4. The number of benzene rings is 2. The predicted octanol–water partition coefficient (Wildman–Crippen LogP) is 4.28. The Bertz CT molecular complexity index is 947. The zero-order chi connectivity index (χ0) is 19.9. The molecule has 0 radical (unpaired) electrons. The lowest BCUT2D eigenvalue weighted by Crippen LogP contribution is -2.16. The van der Waals surface area contributed by atoms with Gasteiger partial charge >= 0.3 is 0 Å². The van der Waals surface area contributed by atoms with Crippen LogP contribution in [0.2, 0.25) is 5.02 Å². The van der Waals surface area contributed by atoms with Gasteiger partial charge in [0.1, 0.15) is 0 Å². The summed E-state index contributed by atoms with van der Waals surface area (Å²) in [4.78, 5) is 12.4. The van der Waals surface area contributed by atoms with Gasteiger partial charge in [-0.3, -0.25) is 9.36 Å². The second-order valence-corrected chi connectivity index (χ2v) is 7.49. The first-order valence-corrected chi connectivity index (χ1v) is 10.1. The minimum absolute atomic E-state index is 0.127. The molecule has 0 fully saturated rings. The van der Waals surface area contributed by atoms with Gasteiger partial charge in [-0.15, -0.1) is 10.2 Å². The third-order valence-corrected chi connectivity index (χ3v) is 5.28. The quantitative estimate of drug-likeness (QED) is 0.555. The molecule has 0 saturated carbocycles. The van der Waals surface area contributed by atoms with Crippen LogP contribution >= 0.6 is 23.4 Å². The van der Waals surface area contributed by atoms with E-state index in [9.17, 15) is 4.79 Å². The number of halogens is 1. The highest BCUT2D eigenvalue weighted by Crippen LogP contribution is 2.25. The minimum Gasteiger partial charge on any atom is -0.383 e. The van der Waals surface area contributed by atoms with Gasteiger partial charge in [-0.05, 0) is 24.6 Å². The Morgan fingerprint density at radius 1 is 1.21 bits per heavy atom. The number of carbonyl (C=O) groups is 1. The van der Waals surface area contributed by atoms with Gasteiger partial charge < -0.3 is 10.1 Å². The van der Waals surface area contributed by atoms with Crippen LogP contribution in [0.4, 0.5) is 5.69 Å². The number of rotatable bonds is 8. The van der Waals surface area contributed by atoms with E-state index >= 15 is 0 Å². The normalized spacial score (nSPS) is 10.8. The van der Waals surface area contributed by atoms with Crippen molar-refractivity contribution in [3.8, 4) is 11.4 Å². The Labute approximate surface area is 173 Å². The van der Waals surface area contributed by atoms with Crippen molar-refractivity contribution in [3.63, 3.8) is 0 Å². The molecular weight excluding hydrogens is 396 g/mol. The lowest BCUT2D eigenvalue weighted by Gasteiger charge is -2.11. The molecule has 146 valence electrons. The van der Waals surface area contributed by atoms with E-state index in [4.69, 9.17) is 16.3 Å². The second kappa shape index (κ2) is 9.73. The van der Waals surface area contributed by atoms with Crippen molar-refractivity contribution in [2.45, 2.75) is 18.6 Å². The third-order valence-electron chi connectivity index (χ3n) is 4.07. The van der Waals surface area contributed by atoms with E-state index < -0.39 is 0 Å². The van der Waals surface area contributed by atoms with Crippen LogP contribution in [0.25, 0.3) is 11.4 Å². The number of nitrogens with zero attached hydrogens (tertiary/aromatic N) is 3. The highest BCUT2D eigenvalue weighted by molar-refractivity contribution is 7.99. The van der Waals surface area contributed by atoms with Gasteiger partial charge in [-0.1, -0.05) is 59.8 Å². The van der Waals surface area contributed by atoms with E-state index in [1.54, 1.807) is 19.2 Å². The van der Waals surface area contributed by atoms with E-state index in [0.717, 1.165) is 17.0 Å². The fraction of sp³-hybridized carbons (Fsp3) is 0.250. The number of nitrogens with one attached hydrogen (secondary N) is 1. The van der Waals surface area contributed by atoms with Crippen LogP contribution in [0.15, 0.2) is 53.7 Å². The largest absolute Gasteiger partial charge is 0.383 e. The van der Waals surface area contributed by atoms with Crippen molar-refractivity contribution < 1.29 is 9.53 Å². The molecule has 0 atom stereocenters. The maximum Gasteiger partial charge on any atom is 0.234 e. The molecule has 1 amide bonds. The number of ether oxygens (including phenoxy) is 1. The Hall–Kier alpha value is -2.35. The molecule has 0 aliphatic heterocycles. The van der Waals surface area contributed by atoms with E-state index in [1.807, 2.05) is 47.9 Å². The van der Waals surface area contributed by atoms with Crippen molar-refractivity contribution in [1.82, 2.24) is 14.8 Å². The van der Waals surface area contributed by atoms with Crippen LogP contribution in [0.1, 0.15) is 5.56 Å². The maximum absolute atomic E-state index is 12.4. The number of amides is 1. The van der Waals surface area contributed by atoms with Crippen molar-refractivity contribution in [3.05, 3.63) is 59.1 Å². The van der Waals surface area contributed by atoms with Gasteiger partial charge in [0.2, 0.25) is 5.91 Å². The Balaban J connectivity index is 1.72. The number of anilines is 1. The molecule has 3 rings (SSSR count). The standard InChI is InChI=1S/C20H21ClN4O2S/c1-14-8-9-16(21)12-17(14)22-18(26)13-28-20-24-23-19(25(20)10-11-27-2)15-6-4-3-5-7-15/h3-9,12H,10-11,13H2,1-2H3,(H,22,26). The van der Waals surface area contributed by atoms with Crippen LogP contribution in [-0.4, -0.2) is 40.1 Å². The van der Waals surface area contributed by atoms with Crippen molar-refractivity contribution in [2.24, 2.45) is 0 Å². The fourth-order valence-electron chi connectivity index (χ4n) is 2.63. The summed E-state index contributed by atoms with van der Waals surface area (Å²) >= 11 is 7.35. The summed E-state index contributed by atoms with van der Waals surface area (Å²) in [6, 6.07) is 15.2. The van der Waals surface area contributed by atoms with Gasteiger partial charge in [0.05, 0.1) is 18.9 Å². The van der Waals surface area contributed by atoms with E-state index in [0.29, 0.717) is 29.0 Å². The molecule has 6 nitrogen and oxygen atoms in total. The fourth-order valence-corrected chi connectivity index (χ4v) is 3.56. The van der Waals surface area contributed by atoms with Crippen LogP contribution in [0, 0.1) is 6.92 Å². The smallest absolute Gasteiger partial charge is 0.234 e. The average Bonchev–Trinajstić information content (AvgIpc) is 3.11. The van der Waals surface area contributed by atoms with Crippen LogP contribution in [-0.2, 0) is 16.1 Å². The van der Waals surface area contributed by atoms with Crippen molar-refractivity contribution >= 4 is 35.0 Å². The first-order chi connectivity index (χ1) is 13.6. The number of hydrogen-bond acceptors (Lipinski definition) is 5. The number of aryl methyl sites for hydroxylation is 1. The number of aromatic nitrogens is 3. The number of methoxy groups -OCH3 is 1. The van der Waals surface area contributed by atoms with Gasteiger partial charge in [0.25, 0.3) is 0 Å². The molecule has 1 N–H and O–H groups in total. The van der Waals surface area contributed by atoms with Gasteiger partial charge in [-0.25, -0.2) is 0 Å². The number of thioether (sulfide) groups is 1. The van der Waals surface area contributed by atoms with E-state index in [1.165, 1.54) is 11.8 Å². The molecule has 8 heteroatoms. The van der Waals surface area contributed by atoms with Crippen LogP contribution in [0.3, 0.4) is 0 Å². The van der Waals surface area contributed by atoms with Gasteiger partial charge in [-0.2, -0.15) is 0 Å². The number of hydrogen-bond donors (Lipinski definition) is 1. The highest BCUT2D eigenvalue weighted by Gasteiger charge is 2.16. The predicted molar refractivity (Wildman–Crippen MR) is 113 cm³/mol. The minimum atomic E-state index is -0.127. The highest BCUT2D eigenvalue weighted by atomic mass is 35.5. The van der Waals surface area contributed by atoms with Crippen LogP contribution < -0.4 is 5.32 Å². The van der Waals surface area contributed by atoms with Gasteiger partial charge in [0.15, 0.2) is 11.0 Å². The summed E-state index contributed by atoms with van der Waals surface area (Å²) in [5.41, 5.74) is 2.64. The molecule has 0 spiro atoms. The zero-order valence-corrected chi connectivity index (χ0v) is 17.3. The van der Waals surface area contributed by atoms with E-state index in [-0.39, 0.29) is 11.7 Å². The molecule has 1 heterocycles. The molecule has 0 aliphatic carbocycles. The van der Waals surface area contributed by atoms with Crippen LogP contribution in [0.5, 0.6) is 0 Å². The first-order valence-electron chi connectivity index (χ1n) is 8.75. The third kappa shape index (κ3) is 5.13.